The number of phenols is 1. The van der Waals surface area contributed by atoms with Crippen LogP contribution in [-0.2, 0) is 6.42 Å². The number of benzene rings is 1. The fourth-order valence-corrected chi connectivity index (χ4v) is 2.25. The number of nitrogens with zero attached hydrogens (tertiary/aromatic N) is 1. The number of nitrogens with one attached hydrogen (secondary N) is 1. The maximum absolute atomic E-state index is 9.73. The Morgan fingerprint density at radius 1 is 1.31 bits per heavy atom. The van der Waals surface area contributed by atoms with E-state index in [-0.39, 0.29) is 0 Å². The molecule has 2 N–H and O–H groups in total. The third-order valence-corrected chi connectivity index (χ3v) is 3.28. The van der Waals surface area contributed by atoms with Gasteiger partial charge in [0.05, 0.1) is 0 Å². The Bertz CT molecular complexity index is 334. The quantitative estimate of drug-likeness (QED) is 0.804. The number of hydrogen-bond donors (Lipinski definition) is 2. The highest BCUT2D eigenvalue weighted by atomic mass is 16.3. The van der Waals surface area contributed by atoms with E-state index in [1.165, 1.54) is 0 Å². The summed E-state index contributed by atoms with van der Waals surface area (Å²) in [5.41, 5.74) is 1.05. The molecule has 0 radical (unpaired) electrons. The molecule has 1 saturated heterocycles. The lowest BCUT2D eigenvalue weighted by Crippen LogP contribution is -2.48. The van der Waals surface area contributed by atoms with Gasteiger partial charge < -0.3 is 10.4 Å². The normalized spacial score (nSPS) is 19.6. The highest BCUT2D eigenvalue weighted by Crippen LogP contribution is 2.19. The molecule has 0 aliphatic carbocycles. The summed E-state index contributed by atoms with van der Waals surface area (Å²) in [6, 6.07) is 8.12. The van der Waals surface area contributed by atoms with Crippen LogP contribution < -0.4 is 5.32 Å². The van der Waals surface area contributed by atoms with E-state index >= 15 is 0 Å². The summed E-state index contributed by atoms with van der Waals surface area (Å²) in [7, 11) is 0. The Hall–Kier alpha value is -1.06. The molecule has 1 aliphatic heterocycles. The molecule has 3 heteroatoms. The van der Waals surface area contributed by atoms with Crippen molar-refractivity contribution in [1.82, 2.24) is 10.2 Å². The van der Waals surface area contributed by atoms with Crippen molar-refractivity contribution in [3.63, 3.8) is 0 Å². The van der Waals surface area contributed by atoms with E-state index in [0.29, 0.717) is 11.8 Å². The number of para-hydroxylation sites is 1. The van der Waals surface area contributed by atoms with Gasteiger partial charge in [0.25, 0.3) is 0 Å². The summed E-state index contributed by atoms with van der Waals surface area (Å²) in [5.74, 6) is 0.421. The Morgan fingerprint density at radius 2 is 2.00 bits per heavy atom. The fourth-order valence-electron chi connectivity index (χ4n) is 2.25. The minimum atomic E-state index is 0.421. The molecular weight excluding hydrogens is 200 g/mol. The van der Waals surface area contributed by atoms with Crippen molar-refractivity contribution < 1.29 is 5.11 Å². The van der Waals surface area contributed by atoms with E-state index in [0.717, 1.165) is 38.2 Å². The van der Waals surface area contributed by atoms with Gasteiger partial charge in [-0.1, -0.05) is 18.2 Å². The van der Waals surface area contributed by atoms with Gasteiger partial charge in [-0.25, -0.2) is 0 Å². The van der Waals surface area contributed by atoms with E-state index < -0.39 is 0 Å². The lowest BCUT2D eigenvalue weighted by Gasteiger charge is -2.33. The van der Waals surface area contributed by atoms with Crippen molar-refractivity contribution in [3.05, 3.63) is 29.8 Å². The van der Waals surface area contributed by atoms with Crippen molar-refractivity contribution in [3.8, 4) is 5.75 Å². The van der Waals surface area contributed by atoms with Gasteiger partial charge >= 0.3 is 0 Å². The van der Waals surface area contributed by atoms with Crippen molar-refractivity contribution >= 4 is 0 Å². The first-order valence-electron chi connectivity index (χ1n) is 5.99. The van der Waals surface area contributed by atoms with E-state index in [2.05, 4.69) is 17.1 Å². The lowest BCUT2D eigenvalue weighted by molar-refractivity contribution is 0.182. The summed E-state index contributed by atoms with van der Waals surface area (Å²) in [6.07, 6.45) is 0.923. The topological polar surface area (TPSA) is 35.5 Å². The summed E-state index contributed by atoms with van der Waals surface area (Å²) < 4.78 is 0. The molecule has 1 unspecified atom stereocenters. The summed E-state index contributed by atoms with van der Waals surface area (Å²) in [6.45, 7) is 6.59. The van der Waals surface area contributed by atoms with E-state index in [1.54, 1.807) is 6.07 Å². The molecule has 1 fully saturated rings. The van der Waals surface area contributed by atoms with Crippen LogP contribution in [0.15, 0.2) is 24.3 Å². The SMILES string of the molecule is CC(Cc1ccccc1O)N1CCNCC1. The smallest absolute Gasteiger partial charge is 0.118 e. The van der Waals surface area contributed by atoms with Crippen LogP contribution in [0, 0.1) is 0 Å². The number of phenolic OH excluding ortho intramolecular Hbond substituents is 1. The highest BCUT2D eigenvalue weighted by molar-refractivity contribution is 5.32. The summed E-state index contributed by atoms with van der Waals surface area (Å²) in [4.78, 5) is 2.48. The van der Waals surface area contributed by atoms with Crippen molar-refractivity contribution in [2.75, 3.05) is 26.2 Å². The number of hydrogen-bond acceptors (Lipinski definition) is 3. The van der Waals surface area contributed by atoms with Crippen LogP contribution >= 0.6 is 0 Å². The predicted molar refractivity (Wildman–Crippen MR) is 65.7 cm³/mol. The van der Waals surface area contributed by atoms with Gasteiger partial charge in [0, 0.05) is 32.2 Å². The van der Waals surface area contributed by atoms with E-state index in [1.807, 2.05) is 18.2 Å². The molecule has 88 valence electrons. The average Bonchev–Trinajstić information content (AvgIpc) is 2.33. The molecule has 0 aromatic heterocycles. The zero-order valence-corrected chi connectivity index (χ0v) is 9.82. The second-order valence-corrected chi connectivity index (χ2v) is 4.47. The van der Waals surface area contributed by atoms with Crippen LogP contribution in [0.3, 0.4) is 0 Å². The number of piperazine rings is 1. The molecule has 0 bridgehead atoms. The molecular formula is C13H20N2O. The van der Waals surface area contributed by atoms with Crippen LogP contribution in [0.25, 0.3) is 0 Å². The van der Waals surface area contributed by atoms with E-state index in [9.17, 15) is 5.11 Å². The molecule has 0 amide bonds. The van der Waals surface area contributed by atoms with Crippen LogP contribution in [-0.4, -0.2) is 42.2 Å². The number of aromatic hydroxyl groups is 1. The predicted octanol–water partition coefficient (Wildman–Crippen LogP) is 1.23. The number of rotatable bonds is 3. The first kappa shape index (κ1) is 11.4. The van der Waals surface area contributed by atoms with Gasteiger partial charge in [-0.2, -0.15) is 0 Å². The van der Waals surface area contributed by atoms with Crippen LogP contribution in [0.1, 0.15) is 12.5 Å². The third kappa shape index (κ3) is 2.74. The standard InChI is InChI=1S/C13H20N2O/c1-11(15-8-6-14-7-9-15)10-12-4-2-3-5-13(12)16/h2-5,11,14,16H,6-10H2,1H3. The molecule has 1 aromatic carbocycles. The maximum atomic E-state index is 9.73. The molecule has 3 nitrogen and oxygen atoms in total. The lowest BCUT2D eigenvalue weighted by atomic mass is 10.0. The van der Waals surface area contributed by atoms with Crippen LogP contribution in [0.2, 0.25) is 0 Å². The second kappa shape index (κ2) is 5.32. The van der Waals surface area contributed by atoms with Gasteiger partial charge in [0.2, 0.25) is 0 Å². The zero-order chi connectivity index (χ0) is 11.4. The Kier molecular flexibility index (Phi) is 3.80. The molecule has 0 spiro atoms. The highest BCUT2D eigenvalue weighted by Gasteiger charge is 2.17. The van der Waals surface area contributed by atoms with Gasteiger partial charge in [-0.05, 0) is 25.0 Å². The Balaban J connectivity index is 1.96. The van der Waals surface area contributed by atoms with Gasteiger partial charge in [-0.15, -0.1) is 0 Å². The molecule has 0 saturated carbocycles. The van der Waals surface area contributed by atoms with Crippen molar-refractivity contribution in [2.24, 2.45) is 0 Å². The van der Waals surface area contributed by atoms with Crippen LogP contribution in [0.5, 0.6) is 5.75 Å². The third-order valence-electron chi connectivity index (χ3n) is 3.28. The Labute approximate surface area is 97.1 Å². The minimum Gasteiger partial charge on any atom is -0.508 e. The average molecular weight is 220 g/mol. The minimum absolute atomic E-state index is 0.421. The van der Waals surface area contributed by atoms with Crippen molar-refractivity contribution in [2.45, 2.75) is 19.4 Å². The molecule has 1 atom stereocenters. The van der Waals surface area contributed by atoms with Crippen LogP contribution in [0.4, 0.5) is 0 Å². The Morgan fingerprint density at radius 3 is 2.69 bits per heavy atom. The zero-order valence-electron chi connectivity index (χ0n) is 9.82. The van der Waals surface area contributed by atoms with Gasteiger partial charge in [-0.3, -0.25) is 4.90 Å². The largest absolute Gasteiger partial charge is 0.508 e. The first-order valence-corrected chi connectivity index (χ1v) is 5.99. The molecule has 16 heavy (non-hydrogen) atoms. The van der Waals surface area contributed by atoms with E-state index in [4.69, 9.17) is 0 Å². The molecule has 1 aromatic rings. The monoisotopic (exact) mass is 220 g/mol. The fraction of sp³-hybridized carbons (Fsp3) is 0.538. The summed E-state index contributed by atoms with van der Waals surface area (Å²) >= 11 is 0. The van der Waals surface area contributed by atoms with Gasteiger partial charge in [0.1, 0.15) is 5.75 Å². The molecule has 1 aliphatic rings. The second-order valence-electron chi connectivity index (χ2n) is 4.47. The summed E-state index contributed by atoms with van der Waals surface area (Å²) in [5, 5.41) is 13.1. The maximum Gasteiger partial charge on any atom is 0.118 e. The van der Waals surface area contributed by atoms with Crippen molar-refractivity contribution in [1.29, 1.82) is 0 Å². The first-order chi connectivity index (χ1) is 7.77. The van der Waals surface area contributed by atoms with Gasteiger partial charge in [0.15, 0.2) is 0 Å². The molecule has 2 rings (SSSR count). The molecule has 1 heterocycles.